The normalized spacial score (nSPS) is 13.9. The third-order valence-corrected chi connectivity index (χ3v) is 3.23. The van der Waals surface area contributed by atoms with Crippen molar-refractivity contribution in [3.63, 3.8) is 0 Å². The third kappa shape index (κ3) is 2.58. The molecule has 0 bridgehead atoms. The van der Waals surface area contributed by atoms with Gasteiger partial charge in [-0.25, -0.2) is 0 Å². The lowest BCUT2D eigenvalue weighted by Gasteiger charge is -2.31. The second-order valence-corrected chi connectivity index (χ2v) is 4.56. The van der Waals surface area contributed by atoms with Gasteiger partial charge in [-0.1, -0.05) is 45.0 Å². The summed E-state index contributed by atoms with van der Waals surface area (Å²) in [6, 6.07) is 8.25. The number of aliphatic hydroxyl groups is 1. The van der Waals surface area contributed by atoms with Gasteiger partial charge in [0, 0.05) is 11.5 Å². The van der Waals surface area contributed by atoms with E-state index >= 15 is 0 Å². The Hall–Kier alpha value is -0.860. The predicted molar refractivity (Wildman–Crippen MR) is 63.9 cm³/mol. The zero-order valence-electron chi connectivity index (χ0n) is 9.83. The van der Waals surface area contributed by atoms with Crippen LogP contribution in [-0.4, -0.2) is 17.8 Å². The Morgan fingerprint density at radius 1 is 1.27 bits per heavy atom. The highest BCUT2D eigenvalue weighted by Gasteiger charge is 2.27. The number of hydrogen-bond donors (Lipinski definition) is 2. The van der Waals surface area contributed by atoms with Crippen molar-refractivity contribution in [2.24, 2.45) is 5.73 Å². The Balaban J connectivity index is 2.94. The van der Waals surface area contributed by atoms with Crippen LogP contribution >= 0.6 is 0 Å². The van der Waals surface area contributed by atoms with Gasteiger partial charge in [0.25, 0.3) is 0 Å². The summed E-state index contributed by atoms with van der Waals surface area (Å²) in [6.45, 7) is 6.28. The van der Waals surface area contributed by atoms with Crippen molar-refractivity contribution in [3.05, 3.63) is 35.4 Å². The van der Waals surface area contributed by atoms with Crippen LogP contribution in [0.3, 0.4) is 0 Å². The topological polar surface area (TPSA) is 46.2 Å². The summed E-state index contributed by atoms with van der Waals surface area (Å²) in [6.07, 6.45) is 1.05. The van der Waals surface area contributed by atoms with E-state index < -0.39 is 0 Å². The summed E-state index contributed by atoms with van der Waals surface area (Å²) < 4.78 is 0. The van der Waals surface area contributed by atoms with Crippen LogP contribution in [0.4, 0.5) is 0 Å². The molecule has 1 aromatic carbocycles. The van der Waals surface area contributed by atoms with E-state index in [2.05, 4.69) is 45.0 Å². The fourth-order valence-electron chi connectivity index (χ4n) is 1.61. The molecule has 15 heavy (non-hydrogen) atoms. The van der Waals surface area contributed by atoms with Gasteiger partial charge in [0.15, 0.2) is 0 Å². The van der Waals surface area contributed by atoms with Crippen molar-refractivity contribution in [3.8, 4) is 0 Å². The van der Waals surface area contributed by atoms with E-state index in [1.807, 2.05) is 0 Å². The summed E-state index contributed by atoms with van der Waals surface area (Å²) in [5.74, 6) is 0. The minimum absolute atomic E-state index is 0.0164. The van der Waals surface area contributed by atoms with Gasteiger partial charge < -0.3 is 10.8 Å². The van der Waals surface area contributed by atoms with E-state index in [1.165, 1.54) is 11.1 Å². The van der Waals surface area contributed by atoms with Crippen LogP contribution in [0.1, 0.15) is 31.9 Å². The van der Waals surface area contributed by atoms with E-state index in [-0.39, 0.29) is 18.1 Å². The fourth-order valence-corrected chi connectivity index (χ4v) is 1.61. The number of rotatable bonds is 4. The summed E-state index contributed by atoms with van der Waals surface area (Å²) in [5, 5.41) is 9.11. The van der Waals surface area contributed by atoms with Gasteiger partial charge >= 0.3 is 0 Å². The molecule has 0 saturated heterocycles. The van der Waals surface area contributed by atoms with Crippen molar-refractivity contribution < 1.29 is 5.11 Å². The molecule has 0 amide bonds. The van der Waals surface area contributed by atoms with Crippen LogP contribution in [0.15, 0.2) is 24.3 Å². The van der Waals surface area contributed by atoms with Crippen molar-refractivity contribution >= 4 is 0 Å². The van der Waals surface area contributed by atoms with Gasteiger partial charge in [0.2, 0.25) is 0 Å². The van der Waals surface area contributed by atoms with Crippen molar-refractivity contribution in [1.29, 1.82) is 0 Å². The lowest BCUT2D eigenvalue weighted by molar-refractivity contribution is 0.220. The van der Waals surface area contributed by atoms with Crippen LogP contribution in [0, 0.1) is 0 Å². The van der Waals surface area contributed by atoms with E-state index in [4.69, 9.17) is 10.8 Å². The van der Waals surface area contributed by atoms with E-state index in [9.17, 15) is 0 Å². The molecule has 84 valence electrons. The average Bonchev–Trinajstić information content (AvgIpc) is 2.28. The molecule has 3 N–H and O–H groups in total. The number of aliphatic hydroxyl groups excluding tert-OH is 1. The van der Waals surface area contributed by atoms with Crippen LogP contribution in [0.2, 0.25) is 0 Å². The third-order valence-electron chi connectivity index (χ3n) is 3.23. The molecule has 0 spiro atoms. The number of hydrogen-bond acceptors (Lipinski definition) is 2. The van der Waals surface area contributed by atoms with E-state index in [0.717, 1.165) is 6.42 Å². The molecular weight excluding hydrogens is 186 g/mol. The molecule has 1 unspecified atom stereocenters. The molecule has 0 aliphatic heterocycles. The summed E-state index contributed by atoms with van der Waals surface area (Å²) >= 11 is 0. The average molecular weight is 207 g/mol. The SMILES string of the molecule is CCc1ccc(C(C)(C)C(N)CO)cc1. The van der Waals surface area contributed by atoms with Gasteiger partial charge in [0.1, 0.15) is 0 Å². The molecule has 1 atom stereocenters. The number of aryl methyl sites for hydroxylation is 1. The first-order chi connectivity index (χ1) is 7.02. The first-order valence-corrected chi connectivity index (χ1v) is 5.48. The smallest absolute Gasteiger partial charge is 0.0591 e. The van der Waals surface area contributed by atoms with Crippen LogP contribution in [0.25, 0.3) is 0 Å². The minimum Gasteiger partial charge on any atom is -0.395 e. The number of benzene rings is 1. The van der Waals surface area contributed by atoms with Crippen molar-refractivity contribution in [2.45, 2.75) is 38.6 Å². The first kappa shape index (κ1) is 12.2. The van der Waals surface area contributed by atoms with Gasteiger partial charge in [-0.05, 0) is 17.5 Å². The van der Waals surface area contributed by atoms with Gasteiger partial charge in [0.05, 0.1) is 6.61 Å². The molecule has 0 aliphatic carbocycles. The molecule has 0 aliphatic rings. The Morgan fingerprint density at radius 2 is 1.80 bits per heavy atom. The van der Waals surface area contributed by atoms with Gasteiger partial charge in [-0.2, -0.15) is 0 Å². The Labute approximate surface area is 92.1 Å². The zero-order chi connectivity index (χ0) is 11.5. The molecule has 0 aromatic heterocycles. The molecule has 0 radical (unpaired) electrons. The maximum atomic E-state index is 9.11. The molecule has 2 heteroatoms. The largest absolute Gasteiger partial charge is 0.395 e. The summed E-state index contributed by atoms with van der Waals surface area (Å²) in [4.78, 5) is 0. The lowest BCUT2D eigenvalue weighted by atomic mass is 9.78. The Morgan fingerprint density at radius 3 is 2.20 bits per heavy atom. The number of nitrogens with two attached hydrogens (primary N) is 1. The zero-order valence-corrected chi connectivity index (χ0v) is 9.83. The summed E-state index contributed by atoms with van der Waals surface area (Å²) in [5.41, 5.74) is 8.23. The second-order valence-electron chi connectivity index (χ2n) is 4.56. The van der Waals surface area contributed by atoms with Crippen molar-refractivity contribution in [2.75, 3.05) is 6.61 Å². The monoisotopic (exact) mass is 207 g/mol. The highest BCUT2D eigenvalue weighted by atomic mass is 16.3. The summed E-state index contributed by atoms with van der Waals surface area (Å²) in [7, 11) is 0. The van der Waals surface area contributed by atoms with Crippen molar-refractivity contribution in [1.82, 2.24) is 0 Å². The van der Waals surface area contributed by atoms with Crippen LogP contribution < -0.4 is 5.73 Å². The second kappa shape index (κ2) is 4.77. The molecule has 1 rings (SSSR count). The van der Waals surface area contributed by atoms with Crippen LogP contribution in [0.5, 0.6) is 0 Å². The molecule has 0 saturated carbocycles. The van der Waals surface area contributed by atoms with E-state index in [1.54, 1.807) is 0 Å². The molecule has 0 heterocycles. The predicted octanol–water partition coefficient (Wildman–Crippen LogP) is 1.85. The van der Waals surface area contributed by atoms with E-state index in [0.29, 0.717) is 0 Å². The highest BCUT2D eigenvalue weighted by molar-refractivity contribution is 5.29. The lowest BCUT2D eigenvalue weighted by Crippen LogP contribution is -2.43. The maximum absolute atomic E-state index is 9.11. The molecule has 2 nitrogen and oxygen atoms in total. The van der Waals surface area contributed by atoms with Gasteiger partial charge in [-0.15, -0.1) is 0 Å². The molecule has 0 fully saturated rings. The molecule has 1 aromatic rings. The molecular formula is C13H21NO. The Bertz CT molecular complexity index is 303. The van der Waals surface area contributed by atoms with Gasteiger partial charge in [-0.3, -0.25) is 0 Å². The fraction of sp³-hybridized carbons (Fsp3) is 0.538. The highest BCUT2D eigenvalue weighted by Crippen LogP contribution is 2.26. The Kier molecular flexibility index (Phi) is 3.89. The minimum atomic E-state index is -0.218. The maximum Gasteiger partial charge on any atom is 0.0591 e. The van der Waals surface area contributed by atoms with Crippen LogP contribution in [-0.2, 0) is 11.8 Å². The standard InChI is InChI=1S/C13H21NO/c1-4-10-5-7-11(8-6-10)13(2,3)12(14)9-15/h5-8,12,15H,4,9,14H2,1-3H3. The quantitative estimate of drug-likeness (QED) is 0.791. The first-order valence-electron chi connectivity index (χ1n) is 5.48.